The first kappa shape index (κ1) is 18.1. The van der Waals surface area contributed by atoms with Crippen molar-refractivity contribution in [2.75, 3.05) is 26.7 Å². The quantitative estimate of drug-likeness (QED) is 0.901. The Kier molecular flexibility index (Phi) is 7.86. The number of hydrogen-bond donors (Lipinski definition) is 1. The van der Waals surface area contributed by atoms with Gasteiger partial charge in [0.1, 0.15) is 5.75 Å². The summed E-state index contributed by atoms with van der Waals surface area (Å²) in [5.74, 6) is 0.910. The highest BCUT2D eigenvalue weighted by atomic mass is 35.5. The van der Waals surface area contributed by atoms with E-state index in [1.807, 2.05) is 24.1 Å². The molecule has 6 heteroatoms. The van der Waals surface area contributed by atoms with Crippen molar-refractivity contribution in [3.8, 4) is 5.75 Å². The van der Waals surface area contributed by atoms with E-state index in [9.17, 15) is 4.79 Å². The summed E-state index contributed by atoms with van der Waals surface area (Å²) in [6.45, 7) is 2.06. The Morgan fingerprint density at radius 1 is 1.43 bits per heavy atom. The molecule has 1 amide bonds. The second-order valence-corrected chi connectivity index (χ2v) is 5.46. The van der Waals surface area contributed by atoms with Gasteiger partial charge in [0.05, 0.1) is 13.0 Å². The molecule has 1 aliphatic rings. The highest BCUT2D eigenvalue weighted by Gasteiger charge is 2.22. The molecule has 1 fully saturated rings. The fourth-order valence-corrected chi connectivity index (χ4v) is 2.51. The largest absolute Gasteiger partial charge is 0.493 e. The summed E-state index contributed by atoms with van der Waals surface area (Å²) in [6, 6.07) is 7.60. The molecule has 2 rings (SSSR count). The molecule has 0 aliphatic carbocycles. The summed E-state index contributed by atoms with van der Waals surface area (Å²) < 4.78 is 5.55. The molecule has 118 valence electrons. The number of carbonyl (C=O) groups is 1. The van der Waals surface area contributed by atoms with Crippen molar-refractivity contribution in [3.63, 3.8) is 0 Å². The van der Waals surface area contributed by atoms with Crippen LogP contribution in [0.3, 0.4) is 0 Å². The van der Waals surface area contributed by atoms with Crippen molar-refractivity contribution in [1.29, 1.82) is 0 Å². The Bertz CT molecular complexity index is 440. The van der Waals surface area contributed by atoms with E-state index >= 15 is 0 Å². The van der Waals surface area contributed by atoms with Gasteiger partial charge in [-0.25, -0.2) is 0 Å². The van der Waals surface area contributed by atoms with Crippen LogP contribution < -0.4 is 10.1 Å². The maximum atomic E-state index is 12.1. The van der Waals surface area contributed by atoms with Gasteiger partial charge in [0.15, 0.2) is 0 Å². The number of nitrogens with one attached hydrogen (secondary N) is 1. The minimum atomic E-state index is 0. The first-order valence-electron chi connectivity index (χ1n) is 7.02. The molecular weight excluding hydrogens is 311 g/mol. The lowest BCUT2D eigenvalue weighted by atomic mass is 10.1. The number of amides is 1. The van der Waals surface area contributed by atoms with Crippen LogP contribution in [0.2, 0.25) is 5.02 Å². The van der Waals surface area contributed by atoms with E-state index in [0.29, 0.717) is 24.1 Å². The normalized spacial score (nSPS) is 18.0. The molecule has 1 heterocycles. The van der Waals surface area contributed by atoms with E-state index in [1.54, 1.807) is 12.1 Å². The Morgan fingerprint density at radius 2 is 2.14 bits per heavy atom. The number of benzene rings is 1. The summed E-state index contributed by atoms with van der Waals surface area (Å²) in [7, 11) is 1.95. The van der Waals surface area contributed by atoms with E-state index in [-0.39, 0.29) is 18.3 Å². The standard InChI is InChI=1S/C15H21ClN2O2.ClH/c1-17-13-3-2-9-18(11-13)15(19)8-10-20-14-6-4-12(16)5-7-14;/h4-7,13,17H,2-3,8-11H2,1H3;1H. The number of nitrogens with zero attached hydrogens (tertiary/aromatic N) is 1. The lowest BCUT2D eigenvalue weighted by molar-refractivity contribution is -0.133. The zero-order chi connectivity index (χ0) is 14.4. The second-order valence-electron chi connectivity index (χ2n) is 5.02. The van der Waals surface area contributed by atoms with Crippen LogP contribution in [0.5, 0.6) is 5.75 Å². The molecule has 21 heavy (non-hydrogen) atoms. The predicted octanol–water partition coefficient (Wildman–Crippen LogP) is 2.74. The SMILES string of the molecule is CNC1CCCN(C(=O)CCOc2ccc(Cl)cc2)C1.Cl. The molecule has 0 saturated carbocycles. The summed E-state index contributed by atoms with van der Waals surface area (Å²) in [5.41, 5.74) is 0. The van der Waals surface area contributed by atoms with Gasteiger partial charge in [-0.1, -0.05) is 11.6 Å². The van der Waals surface area contributed by atoms with Crippen LogP contribution in [0.4, 0.5) is 0 Å². The van der Waals surface area contributed by atoms with Crippen molar-refractivity contribution in [2.24, 2.45) is 0 Å². The van der Waals surface area contributed by atoms with Crippen LogP contribution in [0.1, 0.15) is 19.3 Å². The molecule has 0 bridgehead atoms. The van der Waals surface area contributed by atoms with Gasteiger partial charge in [0.2, 0.25) is 5.91 Å². The highest BCUT2D eigenvalue weighted by Crippen LogP contribution is 2.16. The Balaban J connectivity index is 0.00000220. The van der Waals surface area contributed by atoms with E-state index in [2.05, 4.69) is 5.32 Å². The van der Waals surface area contributed by atoms with Gasteiger partial charge < -0.3 is 15.0 Å². The van der Waals surface area contributed by atoms with Crippen LogP contribution in [0.15, 0.2) is 24.3 Å². The van der Waals surface area contributed by atoms with Crippen LogP contribution in [-0.4, -0.2) is 43.6 Å². The van der Waals surface area contributed by atoms with Crippen LogP contribution in [0, 0.1) is 0 Å². The summed E-state index contributed by atoms with van der Waals surface area (Å²) in [5, 5.41) is 3.92. The Labute approximate surface area is 137 Å². The zero-order valence-electron chi connectivity index (χ0n) is 12.2. The topological polar surface area (TPSA) is 41.6 Å². The number of piperidine rings is 1. The fraction of sp³-hybridized carbons (Fsp3) is 0.533. The summed E-state index contributed by atoms with van der Waals surface area (Å²) >= 11 is 5.80. The van der Waals surface area contributed by atoms with Gasteiger partial charge in [-0.15, -0.1) is 12.4 Å². The molecule has 4 nitrogen and oxygen atoms in total. The summed E-state index contributed by atoms with van der Waals surface area (Å²) in [4.78, 5) is 14.0. The Hall–Kier alpha value is -0.970. The highest BCUT2D eigenvalue weighted by molar-refractivity contribution is 6.30. The average Bonchev–Trinajstić information content (AvgIpc) is 2.49. The van der Waals surface area contributed by atoms with Gasteiger partial charge in [-0.05, 0) is 44.2 Å². The number of halogens is 2. The molecule has 1 unspecified atom stereocenters. The molecule has 1 aromatic rings. The number of ether oxygens (including phenoxy) is 1. The van der Waals surface area contributed by atoms with E-state index in [0.717, 1.165) is 31.7 Å². The van der Waals surface area contributed by atoms with Crippen molar-refractivity contribution in [2.45, 2.75) is 25.3 Å². The number of rotatable bonds is 5. The van der Waals surface area contributed by atoms with Crippen molar-refractivity contribution in [1.82, 2.24) is 10.2 Å². The maximum Gasteiger partial charge on any atom is 0.226 e. The fourth-order valence-electron chi connectivity index (χ4n) is 2.38. The molecule has 1 N–H and O–H groups in total. The van der Waals surface area contributed by atoms with Gasteiger partial charge in [-0.2, -0.15) is 0 Å². The van der Waals surface area contributed by atoms with E-state index < -0.39 is 0 Å². The van der Waals surface area contributed by atoms with Crippen LogP contribution in [0.25, 0.3) is 0 Å². The Morgan fingerprint density at radius 3 is 2.81 bits per heavy atom. The first-order chi connectivity index (χ1) is 9.69. The average molecular weight is 333 g/mol. The minimum Gasteiger partial charge on any atom is -0.493 e. The lowest BCUT2D eigenvalue weighted by Gasteiger charge is -2.32. The second kappa shape index (κ2) is 9.13. The number of likely N-dealkylation sites (tertiary alicyclic amines) is 1. The third kappa shape index (κ3) is 5.73. The van der Waals surface area contributed by atoms with Crippen molar-refractivity contribution < 1.29 is 9.53 Å². The smallest absolute Gasteiger partial charge is 0.226 e. The molecule has 1 aromatic carbocycles. The molecule has 1 saturated heterocycles. The monoisotopic (exact) mass is 332 g/mol. The minimum absolute atomic E-state index is 0. The number of hydrogen-bond acceptors (Lipinski definition) is 3. The third-order valence-electron chi connectivity index (χ3n) is 3.58. The summed E-state index contributed by atoms with van der Waals surface area (Å²) in [6.07, 6.45) is 2.62. The molecule has 1 aliphatic heterocycles. The van der Waals surface area contributed by atoms with Gasteiger partial charge in [0.25, 0.3) is 0 Å². The number of carbonyl (C=O) groups excluding carboxylic acids is 1. The molecule has 1 atom stereocenters. The molecule has 0 aromatic heterocycles. The van der Waals surface area contributed by atoms with E-state index in [4.69, 9.17) is 16.3 Å². The van der Waals surface area contributed by atoms with Crippen molar-refractivity contribution >= 4 is 29.9 Å². The lowest BCUT2D eigenvalue weighted by Crippen LogP contribution is -2.47. The van der Waals surface area contributed by atoms with Gasteiger partial charge >= 0.3 is 0 Å². The molecule has 0 spiro atoms. The van der Waals surface area contributed by atoms with Gasteiger partial charge in [-0.3, -0.25) is 4.79 Å². The maximum absolute atomic E-state index is 12.1. The first-order valence-corrected chi connectivity index (χ1v) is 7.40. The predicted molar refractivity (Wildman–Crippen MR) is 87.5 cm³/mol. The van der Waals surface area contributed by atoms with Crippen LogP contribution in [-0.2, 0) is 4.79 Å². The van der Waals surface area contributed by atoms with Crippen LogP contribution >= 0.6 is 24.0 Å². The number of likely N-dealkylation sites (N-methyl/N-ethyl adjacent to an activating group) is 1. The zero-order valence-corrected chi connectivity index (χ0v) is 13.8. The third-order valence-corrected chi connectivity index (χ3v) is 3.83. The van der Waals surface area contributed by atoms with Crippen molar-refractivity contribution in [3.05, 3.63) is 29.3 Å². The van der Waals surface area contributed by atoms with E-state index in [1.165, 1.54) is 0 Å². The van der Waals surface area contributed by atoms with Gasteiger partial charge in [0, 0.05) is 24.2 Å². The molecular formula is C15H22Cl2N2O2. The molecule has 0 radical (unpaired) electrons.